The number of rotatable bonds is 7. The zero-order valence-electron chi connectivity index (χ0n) is 11.2. The van der Waals surface area contributed by atoms with Gasteiger partial charge in [0, 0.05) is 18.8 Å². The van der Waals surface area contributed by atoms with Crippen LogP contribution in [-0.4, -0.2) is 22.7 Å². The van der Waals surface area contributed by atoms with E-state index in [1.54, 1.807) is 6.20 Å². The van der Waals surface area contributed by atoms with Crippen molar-refractivity contribution in [1.29, 1.82) is 0 Å². The van der Waals surface area contributed by atoms with Crippen LogP contribution in [0.5, 0.6) is 0 Å². The van der Waals surface area contributed by atoms with Gasteiger partial charge in [-0.15, -0.1) is 0 Å². The molecule has 0 bridgehead atoms. The first-order chi connectivity index (χ1) is 8.19. The Morgan fingerprint density at radius 2 is 2.12 bits per heavy atom. The number of hydrogen-bond acceptors (Lipinski definition) is 3. The average Bonchev–Trinajstić information content (AvgIpc) is 2.34. The Hall–Kier alpha value is -1.09. The normalized spacial score (nSPS) is 10.9. The lowest BCUT2D eigenvalue weighted by molar-refractivity contribution is 0.281. The highest BCUT2D eigenvalue weighted by atomic mass is 16.3. The molecule has 0 radical (unpaired) electrons. The largest absolute Gasteiger partial charge is 0.392 e. The van der Waals surface area contributed by atoms with Gasteiger partial charge in [0.25, 0.3) is 0 Å². The van der Waals surface area contributed by atoms with E-state index in [2.05, 4.69) is 30.7 Å². The molecule has 0 unspecified atom stereocenters. The summed E-state index contributed by atoms with van der Waals surface area (Å²) in [5.74, 6) is 0.975. The van der Waals surface area contributed by atoms with E-state index in [1.165, 1.54) is 19.3 Å². The van der Waals surface area contributed by atoms with Crippen molar-refractivity contribution < 1.29 is 5.11 Å². The Bertz CT molecular complexity index is 326. The summed E-state index contributed by atoms with van der Waals surface area (Å²) in [5.41, 5.74) is 0.927. The molecule has 1 aromatic rings. The Morgan fingerprint density at radius 3 is 2.71 bits per heavy atom. The second-order valence-corrected chi connectivity index (χ2v) is 4.67. The van der Waals surface area contributed by atoms with E-state index in [0.29, 0.717) is 6.04 Å². The first kappa shape index (κ1) is 14.0. The highest BCUT2D eigenvalue weighted by Crippen LogP contribution is 2.16. The van der Waals surface area contributed by atoms with Gasteiger partial charge in [0.1, 0.15) is 5.82 Å². The molecule has 0 amide bonds. The molecular weight excluding hydrogens is 212 g/mol. The third kappa shape index (κ3) is 4.35. The molecule has 0 saturated carbocycles. The number of nitrogens with zero attached hydrogens (tertiary/aromatic N) is 2. The van der Waals surface area contributed by atoms with E-state index in [0.717, 1.165) is 17.9 Å². The molecule has 3 heteroatoms. The summed E-state index contributed by atoms with van der Waals surface area (Å²) in [6, 6.07) is 4.27. The maximum absolute atomic E-state index is 9.15. The number of anilines is 1. The molecule has 1 aromatic heterocycles. The molecule has 0 aliphatic carbocycles. The van der Waals surface area contributed by atoms with Crippen LogP contribution in [0.15, 0.2) is 18.3 Å². The zero-order chi connectivity index (χ0) is 12.7. The molecule has 0 saturated heterocycles. The van der Waals surface area contributed by atoms with Gasteiger partial charge in [-0.1, -0.05) is 19.8 Å². The Labute approximate surface area is 104 Å². The molecule has 1 rings (SSSR count). The van der Waals surface area contributed by atoms with Crippen molar-refractivity contribution in [2.75, 3.05) is 11.4 Å². The molecule has 3 nitrogen and oxygen atoms in total. The minimum Gasteiger partial charge on any atom is -0.392 e. The molecule has 0 aromatic carbocycles. The minimum absolute atomic E-state index is 0.0798. The van der Waals surface area contributed by atoms with Crippen LogP contribution in [0, 0.1) is 0 Å². The van der Waals surface area contributed by atoms with Gasteiger partial charge in [-0.05, 0) is 38.0 Å². The summed E-state index contributed by atoms with van der Waals surface area (Å²) in [6.45, 7) is 7.69. The molecule has 0 atom stereocenters. The molecule has 0 fully saturated rings. The second-order valence-electron chi connectivity index (χ2n) is 4.67. The van der Waals surface area contributed by atoms with Crippen molar-refractivity contribution in [1.82, 2.24) is 4.98 Å². The third-order valence-corrected chi connectivity index (χ3v) is 2.91. The lowest BCUT2D eigenvalue weighted by Gasteiger charge is -2.28. The number of aliphatic hydroxyl groups is 1. The first-order valence-corrected chi connectivity index (χ1v) is 6.51. The van der Waals surface area contributed by atoms with E-state index < -0.39 is 0 Å². The van der Waals surface area contributed by atoms with Crippen molar-refractivity contribution in [2.24, 2.45) is 0 Å². The summed E-state index contributed by atoms with van der Waals surface area (Å²) in [6.07, 6.45) is 5.45. The average molecular weight is 236 g/mol. The molecule has 0 aliphatic rings. The van der Waals surface area contributed by atoms with Crippen LogP contribution >= 0.6 is 0 Å². The molecule has 96 valence electrons. The fourth-order valence-electron chi connectivity index (χ4n) is 1.89. The monoisotopic (exact) mass is 236 g/mol. The summed E-state index contributed by atoms with van der Waals surface area (Å²) >= 11 is 0. The van der Waals surface area contributed by atoms with Gasteiger partial charge in [-0.3, -0.25) is 0 Å². The van der Waals surface area contributed by atoms with Crippen LogP contribution < -0.4 is 4.90 Å². The zero-order valence-corrected chi connectivity index (χ0v) is 11.2. The van der Waals surface area contributed by atoms with Gasteiger partial charge < -0.3 is 10.0 Å². The lowest BCUT2D eigenvalue weighted by Crippen LogP contribution is -2.32. The summed E-state index contributed by atoms with van der Waals surface area (Å²) in [4.78, 5) is 6.70. The SMILES string of the molecule is CCCCCN(c1cc(CO)ccn1)C(C)C. The van der Waals surface area contributed by atoms with E-state index in [9.17, 15) is 0 Å². The van der Waals surface area contributed by atoms with Gasteiger partial charge in [-0.2, -0.15) is 0 Å². The Balaban J connectivity index is 2.74. The van der Waals surface area contributed by atoms with E-state index in [-0.39, 0.29) is 6.61 Å². The number of aromatic nitrogens is 1. The van der Waals surface area contributed by atoms with Crippen molar-refractivity contribution >= 4 is 5.82 Å². The van der Waals surface area contributed by atoms with Crippen LogP contribution in [0.4, 0.5) is 5.82 Å². The number of unbranched alkanes of at least 4 members (excludes halogenated alkanes) is 2. The van der Waals surface area contributed by atoms with E-state index in [1.807, 2.05) is 12.1 Å². The maximum atomic E-state index is 9.15. The first-order valence-electron chi connectivity index (χ1n) is 6.51. The summed E-state index contributed by atoms with van der Waals surface area (Å²) in [7, 11) is 0. The fourth-order valence-corrected chi connectivity index (χ4v) is 1.89. The third-order valence-electron chi connectivity index (χ3n) is 2.91. The molecule has 1 heterocycles. The van der Waals surface area contributed by atoms with Crippen LogP contribution in [-0.2, 0) is 6.61 Å². The quantitative estimate of drug-likeness (QED) is 0.739. The maximum Gasteiger partial charge on any atom is 0.129 e. The predicted octanol–water partition coefficient (Wildman–Crippen LogP) is 2.98. The number of hydrogen-bond donors (Lipinski definition) is 1. The van der Waals surface area contributed by atoms with Crippen LogP contribution in [0.25, 0.3) is 0 Å². The highest BCUT2D eigenvalue weighted by Gasteiger charge is 2.11. The van der Waals surface area contributed by atoms with Gasteiger partial charge in [0.15, 0.2) is 0 Å². The summed E-state index contributed by atoms with van der Waals surface area (Å²) in [5, 5.41) is 9.15. The van der Waals surface area contributed by atoms with Crippen LogP contribution in [0.1, 0.15) is 45.6 Å². The van der Waals surface area contributed by atoms with Gasteiger partial charge >= 0.3 is 0 Å². The molecule has 0 aliphatic heterocycles. The smallest absolute Gasteiger partial charge is 0.129 e. The molecule has 17 heavy (non-hydrogen) atoms. The van der Waals surface area contributed by atoms with Gasteiger partial charge in [0.2, 0.25) is 0 Å². The second kappa shape index (κ2) is 7.28. The van der Waals surface area contributed by atoms with Crippen LogP contribution in [0.2, 0.25) is 0 Å². The van der Waals surface area contributed by atoms with Gasteiger partial charge in [0.05, 0.1) is 6.61 Å². The Kier molecular flexibility index (Phi) is 5.98. The fraction of sp³-hybridized carbons (Fsp3) is 0.643. The van der Waals surface area contributed by atoms with Crippen molar-refractivity contribution in [3.05, 3.63) is 23.9 Å². The lowest BCUT2D eigenvalue weighted by atomic mass is 10.2. The highest BCUT2D eigenvalue weighted by molar-refractivity contribution is 5.41. The number of aliphatic hydroxyl groups excluding tert-OH is 1. The van der Waals surface area contributed by atoms with E-state index in [4.69, 9.17) is 5.11 Å². The molecule has 0 spiro atoms. The number of pyridine rings is 1. The molecular formula is C14H24N2O. The minimum atomic E-state index is 0.0798. The standard InChI is InChI=1S/C14H24N2O/c1-4-5-6-9-16(12(2)3)14-10-13(11-17)7-8-15-14/h7-8,10,12,17H,4-6,9,11H2,1-3H3. The topological polar surface area (TPSA) is 36.4 Å². The van der Waals surface area contributed by atoms with Crippen molar-refractivity contribution in [3.63, 3.8) is 0 Å². The Morgan fingerprint density at radius 1 is 1.35 bits per heavy atom. The van der Waals surface area contributed by atoms with Gasteiger partial charge in [-0.25, -0.2) is 4.98 Å². The van der Waals surface area contributed by atoms with Crippen LogP contribution in [0.3, 0.4) is 0 Å². The molecule has 1 N–H and O–H groups in total. The van der Waals surface area contributed by atoms with E-state index >= 15 is 0 Å². The van der Waals surface area contributed by atoms with Crippen molar-refractivity contribution in [2.45, 2.75) is 52.7 Å². The summed E-state index contributed by atoms with van der Waals surface area (Å²) < 4.78 is 0. The van der Waals surface area contributed by atoms with Crippen molar-refractivity contribution in [3.8, 4) is 0 Å². The predicted molar refractivity (Wildman–Crippen MR) is 72.2 cm³/mol.